The van der Waals surface area contributed by atoms with Crippen LogP contribution in [0.5, 0.6) is 0 Å². The van der Waals surface area contributed by atoms with E-state index in [-0.39, 0.29) is 10.8 Å². The highest BCUT2D eigenvalue weighted by molar-refractivity contribution is 6.38. The fourth-order valence-electron chi connectivity index (χ4n) is 3.28. The largest absolute Gasteiger partial charge is 0.252 e. The predicted molar refractivity (Wildman–Crippen MR) is 91.5 cm³/mol. The highest BCUT2D eigenvalue weighted by Gasteiger charge is 2.36. The van der Waals surface area contributed by atoms with Crippen molar-refractivity contribution in [2.45, 2.75) is 90.1 Å². The number of fused-ring (bicyclic) bond motifs is 1. The van der Waals surface area contributed by atoms with Crippen LogP contribution < -0.4 is 0 Å². The molecule has 5 heteroatoms. The monoisotopic (exact) mass is 285 g/mol. The third-order valence-electron chi connectivity index (χ3n) is 5.42. The van der Waals surface area contributed by atoms with Gasteiger partial charge in [-0.3, -0.25) is 4.68 Å². The van der Waals surface area contributed by atoms with Crippen molar-refractivity contribution in [3.8, 4) is 0 Å². The smallest absolute Gasteiger partial charge is 0.143 e. The van der Waals surface area contributed by atoms with E-state index in [0.29, 0.717) is 5.92 Å². The van der Waals surface area contributed by atoms with E-state index in [1.165, 1.54) is 37.1 Å². The van der Waals surface area contributed by atoms with Gasteiger partial charge in [-0.1, -0.05) is 50.9 Å². The van der Waals surface area contributed by atoms with Crippen molar-refractivity contribution in [1.82, 2.24) is 15.0 Å². The molecule has 1 unspecified atom stereocenters. The molecule has 2 rings (SSSR count). The second-order valence-corrected chi connectivity index (χ2v) is 7.54. The molecule has 0 aromatic carbocycles. The Hall–Kier alpha value is -0.730. The fourth-order valence-corrected chi connectivity index (χ4v) is 3.28. The molecule has 1 aromatic rings. The summed E-state index contributed by atoms with van der Waals surface area (Å²) < 4.78 is 2.16. The third kappa shape index (κ3) is 3.22. The minimum atomic E-state index is -0.0651. The molecule has 114 valence electrons. The van der Waals surface area contributed by atoms with Gasteiger partial charge in [-0.05, 0) is 33.1 Å². The van der Waals surface area contributed by atoms with E-state index in [1.807, 2.05) is 0 Å². The predicted octanol–water partition coefficient (Wildman–Crippen LogP) is 3.87. The molecule has 0 aliphatic heterocycles. The zero-order chi connectivity index (χ0) is 15.7. The van der Waals surface area contributed by atoms with E-state index in [4.69, 9.17) is 0 Å². The Bertz CT molecular complexity index is 480. The van der Waals surface area contributed by atoms with E-state index in [1.54, 1.807) is 0 Å². The second kappa shape index (κ2) is 6.18. The highest BCUT2D eigenvalue weighted by Crippen LogP contribution is 2.46. The summed E-state index contributed by atoms with van der Waals surface area (Å²) in [6.07, 6.45) is 6.20. The van der Waals surface area contributed by atoms with E-state index in [9.17, 15) is 0 Å². The first-order valence-electron chi connectivity index (χ1n) is 8.39. The van der Waals surface area contributed by atoms with Crippen LogP contribution in [0.2, 0.25) is 19.0 Å². The summed E-state index contributed by atoms with van der Waals surface area (Å²) in [5, 5.41) is 9.36. The van der Waals surface area contributed by atoms with Gasteiger partial charge in [0, 0.05) is 11.4 Å². The summed E-state index contributed by atoms with van der Waals surface area (Å²) in [5.74, 6) is 0.485. The minimum absolute atomic E-state index is 0.0651. The Morgan fingerprint density at radius 3 is 2.38 bits per heavy atom. The Kier molecular flexibility index (Phi) is 4.89. The summed E-state index contributed by atoms with van der Waals surface area (Å²) in [4.78, 5) is 0. The quantitative estimate of drug-likeness (QED) is 0.786. The van der Waals surface area contributed by atoms with Crippen LogP contribution in [0, 0.1) is 0 Å². The number of aromatic nitrogens is 3. The first kappa shape index (κ1) is 16.6. The summed E-state index contributed by atoms with van der Waals surface area (Å²) in [6, 6.07) is 0. The van der Waals surface area contributed by atoms with Crippen LogP contribution in [0.1, 0.15) is 70.7 Å². The van der Waals surface area contributed by atoms with Gasteiger partial charge in [0.05, 0.1) is 11.4 Å². The second-order valence-electron chi connectivity index (χ2n) is 7.54. The van der Waals surface area contributed by atoms with Crippen molar-refractivity contribution < 1.29 is 0 Å². The van der Waals surface area contributed by atoms with Gasteiger partial charge < -0.3 is 0 Å². The molecule has 1 aliphatic rings. The van der Waals surface area contributed by atoms with Crippen LogP contribution in [0.4, 0.5) is 0 Å². The maximum absolute atomic E-state index is 4.64. The number of nitrogens with zero attached hydrogens (tertiary/aromatic N) is 3. The van der Waals surface area contributed by atoms with Crippen LogP contribution in [-0.2, 0) is 11.9 Å². The Morgan fingerprint density at radius 1 is 1.05 bits per heavy atom. The van der Waals surface area contributed by atoms with Gasteiger partial charge in [-0.25, -0.2) is 0 Å². The van der Waals surface area contributed by atoms with Gasteiger partial charge in [0.25, 0.3) is 0 Å². The van der Waals surface area contributed by atoms with Crippen LogP contribution in [-0.4, -0.2) is 29.6 Å². The van der Waals surface area contributed by atoms with Crippen molar-refractivity contribution in [2.24, 2.45) is 0 Å². The van der Waals surface area contributed by atoms with Gasteiger partial charge in [-0.2, -0.15) is 0 Å². The highest BCUT2D eigenvalue weighted by atomic mass is 15.5. The van der Waals surface area contributed by atoms with Crippen molar-refractivity contribution in [1.29, 1.82) is 0 Å². The van der Waals surface area contributed by atoms with Crippen molar-refractivity contribution >= 4 is 14.6 Å². The number of rotatable bonds is 4. The van der Waals surface area contributed by atoms with Gasteiger partial charge in [0.15, 0.2) is 0 Å². The summed E-state index contributed by atoms with van der Waals surface area (Å²) in [7, 11) is 4.55. The first-order chi connectivity index (χ1) is 9.83. The molecule has 0 N–H and O–H groups in total. The van der Waals surface area contributed by atoms with E-state index >= 15 is 0 Å². The molecule has 0 saturated carbocycles. The third-order valence-corrected chi connectivity index (χ3v) is 5.42. The summed E-state index contributed by atoms with van der Waals surface area (Å²) in [5.41, 5.74) is 2.54. The zero-order valence-electron chi connectivity index (χ0n) is 14.6. The average Bonchev–Trinajstić information content (AvgIpc) is 2.82. The SMILES string of the molecule is C[B]C(C)(C)C1CCCCCc2c1nnn2C(C)(C)[B]C. The molecule has 0 amide bonds. The molecule has 0 bridgehead atoms. The molecule has 1 aliphatic carbocycles. The van der Waals surface area contributed by atoms with E-state index < -0.39 is 0 Å². The molecule has 21 heavy (non-hydrogen) atoms. The Balaban J connectivity index is 2.49. The van der Waals surface area contributed by atoms with E-state index in [2.05, 4.69) is 70.9 Å². The fraction of sp³-hybridized carbons (Fsp3) is 0.875. The average molecular weight is 285 g/mol. The molecule has 1 aromatic heterocycles. The van der Waals surface area contributed by atoms with Gasteiger partial charge in [0.1, 0.15) is 14.6 Å². The lowest BCUT2D eigenvalue weighted by molar-refractivity contribution is 0.412. The van der Waals surface area contributed by atoms with Crippen LogP contribution in [0.15, 0.2) is 0 Å². The van der Waals surface area contributed by atoms with Crippen LogP contribution in [0.25, 0.3) is 0 Å². The Morgan fingerprint density at radius 2 is 1.76 bits per heavy atom. The molecule has 2 radical (unpaired) electrons. The lowest BCUT2D eigenvalue weighted by Crippen LogP contribution is -2.34. The zero-order valence-corrected chi connectivity index (χ0v) is 14.6. The summed E-state index contributed by atoms with van der Waals surface area (Å²) in [6.45, 7) is 13.4. The van der Waals surface area contributed by atoms with Crippen LogP contribution in [0.3, 0.4) is 0 Å². The molecular weight excluding hydrogens is 256 g/mol. The van der Waals surface area contributed by atoms with Crippen LogP contribution >= 0.6 is 0 Å². The van der Waals surface area contributed by atoms with Crippen molar-refractivity contribution in [3.05, 3.63) is 11.4 Å². The molecule has 0 fully saturated rings. The molecule has 3 nitrogen and oxygen atoms in total. The molecule has 0 saturated heterocycles. The lowest BCUT2D eigenvalue weighted by atomic mass is 9.49. The normalized spacial score (nSPS) is 20.4. The molecule has 1 heterocycles. The van der Waals surface area contributed by atoms with E-state index in [0.717, 1.165) is 6.42 Å². The maximum atomic E-state index is 4.64. The lowest BCUT2D eigenvalue weighted by Gasteiger charge is -2.34. The topological polar surface area (TPSA) is 30.7 Å². The number of hydrogen-bond donors (Lipinski definition) is 0. The van der Waals surface area contributed by atoms with Gasteiger partial charge >= 0.3 is 0 Å². The number of hydrogen-bond acceptors (Lipinski definition) is 2. The van der Waals surface area contributed by atoms with Crippen molar-refractivity contribution in [3.63, 3.8) is 0 Å². The molecule has 1 atom stereocenters. The van der Waals surface area contributed by atoms with Crippen molar-refractivity contribution in [2.75, 3.05) is 0 Å². The maximum Gasteiger partial charge on any atom is 0.143 e. The minimum Gasteiger partial charge on any atom is -0.252 e. The summed E-state index contributed by atoms with van der Waals surface area (Å²) >= 11 is 0. The molecular formula is C16H29B2N3. The van der Waals surface area contributed by atoms with Gasteiger partial charge in [0.2, 0.25) is 0 Å². The first-order valence-corrected chi connectivity index (χ1v) is 8.39. The standard InChI is InChI=1S/C16H29B2N3/c1-15(2,17-5)12-10-8-7-9-11-13-14(12)19-20-21(13)16(3,4)18-6/h12H,7-11H2,1-6H3. The van der Waals surface area contributed by atoms with Gasteiger partial charge in [-0.15, -0.1) is 5.10 Å². The molecule has 0 spiro atoms. The Labute approximate surface area is 131 Å².